The molecule has 2 amide bonds. The molecule has 2 aromatic carbocycles. The van der Waals surface area contributed by atoms with Crippen molar-refractivity contribution in [3.05, 3.63) is 89.4 Å². The van der Waals surface area contributed by atoms with E-state index in [1.807, 2.05) is 79.1 Å². The van der Waals surface area contributed by atoms with E-state index < -0.39 is 5.91 Å². The van der Waals surface area contributed by atoms with E-state index in [0.29, 0.717) is 11.3 Å². The Morgan fingerprint density at radius 2 is 1.54 bits per heavy atom. The summed E-state index contributed by atoms with van der Waals surface area (Å²) >= 11 is 0. The molecule has 140 valence electrons. The fourth-order valence-corrected chi connectivity index (χ4v) is 3.41. The minimum atomic E-state index is -0.401. The maximum Gasteiger partial charge on any atom is 0.286 e. The van der Waals surface area contributed by atoms with Crippen molar-refractivity contribution in [2.75, 3.05) is 0 Å². The van der Waals surface area contributed by atoms with Crippen LogP contribution in [0.2, 0.25) is 0 Å². The molecule has 2 heterocycles. The Hall–Kier alpha value is -3.80. The highest BCUT2D eigenvalue weighted by Gasteiger charge is 2.18. The number of aryl methyl sites for hydroxylation is 1. The van der Waals surface area contributed by atoms with Gasteiger partial charge in [0.05, 0.1) is 5.56 Å². The number of amides is 2. The zero-order valence-electron chi connectivity index (χ0n) is 15.6. The molecule has 28 heavy (non-hydrogen) atoms. The molecule has 0 radical (unpaired) electrons. The van der Waals surface area contributed by atoms with Crippen LogP contribution in [0.5, 0.6) is 0 Å². The van der Waals surface area contributed by atoms with Gasteiger partial charge in [0, 0.05) is 28.0 Å². The number of fused-ring (bicyclic) bond motifs is 1. The van der Waals surface area contributed by atoms with Crippen LogP contribution in [-0.2, 0) is 0 Å². The molecule has 0 aliphatic carbocycles. The smallest absolute Gasteiger partial charge is 0.286 e. The molecular weight excluding hydrogens is 352 g/mol. The first-order valence-electron chi connectivity index (χ1n) is 8.97. The molecular formula is C22H20N4O2. The number of carbonyl (C=O) groups excluding carboxylic acids is 2. The van der Waals surface area contributed by atoms with Crippen LogP contribution in [0, 0.1) is 13.8 Å². The molecule has 3 N–H and O–H groups in total. The first-order valence-corrected chi connectivity index (χ1v) is 8.97. The summed E-state index contributed by atoms with van der Waals surface area (Å²) in [6.45, 7) is 3.83. The van der Waals surface area contributed by atoms with Gasteiger partial charge in [-0.3, -0.25) is 20.4 Å². The third kappa shape index (κ3) is 3.16. The number of nitrogens with zero attached hydrogens (tertiary/aromatic N) is 1. The lowest BCUT2D eigenvalue weighted by molar-refractivity contribution is 0.0844. The second-order valence-electron chi connectivity index (χ2n) is 6.63. The third-order valence-electron chi connectivity index (χ3n) is 4.75. The van der Waals surface area contributed by atoms with Crippen molar-refractivity contribution >= 4 is 22.7 Å². The maximum absolute atomic E-state index is 12.6. The zero-order chi connectivity index (χ0) is 19.7. The highest BCUT2D eigenvalue weighted by Crippen LogP contribution is 2.20. The van der Waals surface area contributed by atoms with E-state index in [2.05, 4.69) is 15.8 Å². The summed E-state index contributed by atoms with van der Waals surface area (Å²) in [5, 5.41) is 0.936. The Kier molecular flexibility index (Phi) is 4.45. The standard InChI is InChI=1S/C22H20N4O2/c1-14-12-18(15(2)26(14)17-9-4-3-5-10-17)21(27)24-25-22(28)20-13-16-8-6-7-11-19(16)23-20/h3-13,23H,1-2H3,(H,24,27)(H,25,28). The summed E-state index contributed by atoms with van der Waals surface area (Å²) < 4.78 is 2.01. The fourth-order valence-electron chi connectivity index (χ4n) is 3.41. The van der Waals surface area contributed by atoms with Crippen molar-refractivity contribution in [1.29, 1.82) is 0 Å². The predicted octanol–water partition coefficient (Wildman–Crippen LogP) is 3.65. The number of para-hydroxylation sites is 2. The summed E-state index contributed by atoms with van der Waals surface area (Å²) in [6, 6.07) is 21.0. The van der Waals surface area contributed by atoms with Gasteiger partial charge in [-0.2, -0.15) is 0 Å². The number of aromatic amines is 1. The number of carbonyl (C=O) groups is 2. The van der Waals surface area contributed by atoms with E-state index >= 15 is 0 Å². The quantitative estimate of drug-likeness (QED) is 0.480. The second kappa shape index (κ2) is 7.08. The maximum atomic E-state index is 12.6. The average molecular weight is 372 g/mol. The number of benzene rings is 2. The van der Waals surface area contributed by atoms with Crippen LogP contribution >= 0.6 is 0 Å². The van der Waals surface area contributed by atoms with Crippen molar-refractivity contribution in [1.82, 2.24) is 20.4 Å². The predicted molar refractivity (Wildman–Crippen MR) is 108 cm³/mol. The van der Waals surface area contributed by atoms with Crippen LogP contribution in [-0.4, -0.2) is 21.4 Å². The topological polar surface area (TPSA) is 78.9 Å². The van der Waals surface area contributed by atoms with Crippen LogP contribution in [0.25, 0.3) is 16.6 Å². The summed E-state index contributed by atoms with van der Waals surface area (Å²) in [4.78, 5) is 28.0. The van der Waals surface area contributed by atoms with E-state index in [9.17, 15) is 9.59 Å². The molecule has 4 rings (SSSR count). The lowest BCUT2D eigenvalue weighted by Gasteiger charge is -2.10. The monoisotopic (exact) mass is 372 g/mol. The second-order valence-corrected chi connectivity index (χ2v) is 6.63. The Balaban J connectivity index is 1.50. The molecule has 4 aromatic rings. The summed E-state index contributed by atoms with van der Waals surface area (Å²) in [7, 11) is 0. The Labute approximate surface area is 162 Å². The normalized spacial score (nSPS) is 10.8. The van der Waals surface area contributed by atoms with E-state index in [0.717, 1.165) is 28.0 Å². The van der Waals surface area contributed by atoms with Crippen molar-refractivity contribution < 1.29 is 9.59 Å². The molecule has 0 aliphatic rings. The highest BCUT2D eigenvalue weighted by molar-refractivity contribution is 6.01. The Morgan fingerprint density at radius 1 is 0.857 bits per heavy atom. The molecule has 0 spiro atoms. The van der Waals surface area contributed by atoms with Gasteiger partial charge in [0.15, 0.2) is 0 Å². The molecule has 0 unspecified atom stereocenters. The van der Waals surface area contributed by atoms with E-state index in [4.69, 9.17) is 0 Å². The van der Waals surface area contributed by atoms with Crippen LogP contribution in [0.15, 0.2) is 66.7 Å². The van der Waals surface area contributed by atoms with Crippen LogP contribution in [0.3, 0.4) is 0 Å². The van der Waals surface area contributed by atoms with Crippen molar-refractivity contribution in [3.8, 4) is 5.69 Å². The molecule has 0 atom stereocenters. The molecule has 0 fully saturated rings. The molecule has 6 heteroatoms. The number of aromatic nitrogens is 2. The molecule has 0 bridgehead atoms. The van der Waals surface area contributed by atoms with Crippen LogP contribution < -0.4 is 10.9 Å². The van der Waals surface area contributed by atoms with Gasteiger partial charge >= 0.3 is 0 Å². The van der Waals surface area contributed by atoms with Crippen molar-refractivity contribution in [2.45, 2.75) is 13.8 Å². The lowest BCUT2D eigenvalue weighted by atomic mass is 10.2. The first-order chi connectivity index (χ1) is 13.5. The Morgan fingerprint density at radius 3 is 2.29 bits per heavy atom. The van der Waals surface area contributed by atoms with E-state index in [1.165, 1.54) is 0 Å². The number of nitrogens with one attached hydrogen (secondary N) is 3. The number of hydrogen-bond acceptors (Lipinski definition) is 2. The molecule has 2 aromatic heterocycles. The SMILES string of the molecule is Cc1cc(C(=O)NNC(=O)c2cc3ccccc3[nH]2)c(C)n1-c1ccccc1. The average Bonchev–Trinajstić information content (AvgIpc) is 3.27. The minimum Gasteiger partial charge on any atom is -0.350 e. The largest absolute Gasteiger partial charge is 0.350 e. The van der Waals surface area contributed by atoms with Gasteiger partial charge in [-0.1, -0.05) is 36.4 Å². The van der Waals surface area contributed by atoms with Gasteiger partial charge in [0.2, 0.25) is 0 Å². The van der Waals surface area contributed by atoms with Gasteiger partial charge in [0.1, 0.15) is 5.69 Å². The van der Waals surface area contributed by atoms with Crippen molar-refractivity contribution in [3.63, 3.8) is 0 Å². The Bertz CT molecular complexity index is 1140. The molecule has 0 saturated heterocycles. The lowest BCUT2D eigenvalue weighted by Crippen LogP contribution is -2.41. The van der Waals surface area contributed by atoms with Gasteiger partial charge in [-0.25, -0.2) is 0 Å². The van der Waals surface area contributed by atoms with Crippen molar-refractivity contribution in [2.24, 2.45) is 0 Å². The fraction of sp³-hybridized carbons (Fsp3) is 0.0909. The first kappa shape index (κ1) is 17.6. The van der Waals surface area contributed by atoms with Crippen LogP contribution in [0.1, 0.15) is 32.2 Å². The number of hydrazine groups is 1. The molecule has 0 saturated carbocycles. The van der Waals surface area contributed by atoms with Gasteiger partial charge in [0.25, 0.3) is 11.8 Å². The highest BCUT2D eigenvalue weighted by atomic mass is 16.2. The van der Waals surface area contributed by atoms with Gasteiger partial charge in [-0.15, -0.1) is 0 Å². The van der Waals surface area contributed by atoms with Gasteiger partial charge < -0.3 is 9.55 Å². The number of rotatable bonds is 3. The van der Waals surface area contributed by atoms with E-state index in [1.54, 1.807) is 6.07 Å². The number of H-pyrrole nitrogens is 1. The number of hydrogen-bond donors (Lipinski definition) is 3. The zero-order valence-corrected chi connectivity index (χ0v) is 15.6. The van der Waals surface area contributed by atoms with Gasteiger partial charge in [-0.05, 0) is 44.2 Å². The third-order valence-corrected chi connectivity index (χ3v) is 4.75. The summed E-state index contributed by atoms with van der Waals surface area (Å²) in [6.07, 6.45) is 0. The minimum absolute atomic E-state index is 0.361. The van der Waals surface area contributed by atoms with Crippen LogP contribution in [0.4, 0.5) is 0 Å². The van der Waals surface area contributed by atoms with E-state index in [-0.39, 0.29) is 5.91 Å². The molecule has 6 nitrogen and oxygen atoms in total. The summed E-state index contributed by atoms with van der Waals surface area (Å²) in [5.74, 6) is -0.763. The summed E-state index contributed by atoms with van der Waals surface area (Å²) in [5.41, 5.74) is 9.47. The molecule has 0 aliphatic heterocycles.